The second-order valence-electron chi connectivity index (χ2n) is 7.97. The van der Waals surface area contributed by atoms with Gasteiger partial charge in [-0.15, -0.1) is 0 Å². The molecule has 4 heterocycles. The smallest absolute Gasteiger partial charge is 0.225 e. The molecule has 1 aliphatic carbocycles. The molecule has 2 saturated heterocycles. The van der Waals surface area contributed by atoms with E-state index in [1.807, 2.05) is 6.07 Å². The molecule has 7 heteroatoms. The second-order valence-corrected chi connectivity index (χ2v) is 7.97. The van der Waals surface area contributed by atoms with Gasteiger partial charge in [-0.25, -0.2) is 9.97 Å². The molecule has 3 aliphatic rings. The molecule has 0 bridgehead atoms. The normalized spacial score (nSPS) is 21.0. The van der Waals surface area contributed by atoms with Crippen molar-refractivity contribution >= 4 is 28.6 Å². The van der Waals surface area contributed by atoms with Crippen LogP contribution >= 0.6 is 0 Å². The maximum atomic E-state index is 12.7. The summed E-state index contributed by atoms with van der Waals surface area (Å²) in [5, 5.41) is 3.54. The number of nitrogens with one attached hydrogen (secondary N) is 1. The lowest BCUT2D eigenvalue weighted by Gasteiger charge is -2.34. The van der Waals surface area contributed by atoms with Crippen molar-refractivity contribution in [1.29, 1.82) is 0 Å². The molecule has 1 saturated carbocycles. The molecule has 0 atom stereocenters. The Morgan fingerprint density at radius 1 is 1.00 bits per heavy atom. The van der Waals surface area contributed by atoms with Crippen molar-refractivity contribution in [3.8, 4) is 0 Å². The van der Waals surface area contributed by atoms with Crippen LogP contribution in [0.2, 0.25) is 0 Å². The Bertz CT molecular complexity index is 837. The van der Waals surface area contributed by atoms with Crippen molar-refractivity contribution < 1.29 is 4.79 Å². The summed E-state index contributed by atoms with van der Waals surface area (Å²) in [5.41, 5.74) is 1.69. The van der Waals surface area contributed by atoms with Gasteiger partial charge in [-0.1, -0.05) is 0 Å². The third kappa shape index (κ3) is 3.42. The molecule has 0 aromatic carbocycles. The van der Waals surface area contributed by atoms with Crippen LogP contribution in [0.1, 0.15) is 38.5 Å². The average molecular weight is 366 g/mol. The van der Waals surface area contributed by atoms with Crippen LogP contribution < -0.4 is 10.2 Å². The minimum atomic E-state index is 0.161. The summed E-state index contributed by atoms with van der Waals surface area (Å²) in [6, 6.07) is 2.43. The Balaban J connectivity index is 1.35. The molecular formula is C20H26N6O. The van der Waals surface area contributed by atoms with E-state index in [0.29, 0.717) is 11.9 Å². The average Bonchev–Trinajstić information content (AvgIpc) is 3.36. The number of nitrogens with zero attached hydrogens (tertiary/aromatic N) is 5. The van der Waals surface area contributed by atoms with Gasteiger partial charge in [-0.05, 0) is 44.6 Å². The highest BCUT2D eigenvalue weighted by Crippen LogP contribution is 2.33. The zero-order valence-corrected chi connectivity index (χ0v) is 15.6. The van der Waals surface area contributed by atoms with E-state index in [-0.39, 0.29) is 5.92 Å². The topological polar surface area (TPSA) is 74.2 Å². The molecule has 2 aromatic heterocycles. The molecule has 2 aromatic rings. The molecule has 0 spiro atoms. The second kappa shape index (κ2) is 6.94. The van der Waals surface area contributed by atoms with Crippen LogP contribution in [0.4, 0.5) is 11.6 Å². The highest BCUT2D eigenvalue weighted by Gasteiger charge is 2.32. The van der Waals surface area contributed by atoms with E-state index in [1.54, 1.807) is 12.4 Å². The van der Waals surface area contributed by atoms with Gasteiger partial charge in [0.15, 0.2) is 11.6 Å². The Hall–Kier alpha value is -2.44. The van der Waals surface area contributed by atoms with Crippen molar-refractivity contribution in [3.05, 3.63) is 18.5 Å². The van der Waals surface area contributed by atoms with E-state index < -0.39 is 0 Å². The number of pyridine rings is 1. The molecule has 27 heavy (non-hydrogen) atoms. The number of anilines is 2. The van der Waals surface area contributed by atoms with Crippen LogP contribution in [0.3, 0.4) is 0 Å². The minimum absolute atomic E-state index is 0.161. The number of hydrogen-bond donors (Lipinski definition) is 1. The molecule has 2 aliphatic heterocycles. The van der Waals surface area contributed by atoms with Crippen LogP contribution in [-0.4, -0.2) is 58.0 Å². The summed E-state index contributed by atoms with van der Waals surface area (Å²) >= 11 is 0. The molecule has 3 fully saturated rings. The number of rotatable bonds is 4. The fourth-order valence-electron chi connectivity index (χ4n) is 4.17. The summed E-state index contributed by atoms with van der Waals surface area (Å²) in [6.07, 6.45) is 10.0. The van der Waals surface area contributed by atoms with E-state index in [4.69, 9.17) is 9.97 Å². The summed E-state index contributed by atoms with van der Waals surface area (Å²) in [4.78, 5) is 30.9. The maximum Gasteiger partial charge on any atom is 0.225 e. The Morgan fingerprint density at radius 3 is 2.52 bits per heavy atom. The monoisotopic (exact) mass is 366 g/mol. The van der Waals surface area contributed by atoms with E-state index in [9.17, 15) is 4.79 Å². The number of hydrogen-bond acceptors (Lipinski definition) is 6. The van der Waals surface area contributed by atoms with Gasteiger partial charge in [-0.3, -0.25) is 9.78 Å². The predicted octanol–water partition coefficient (Wildman–Crippen LogP) is 2.44. The molecule has 7 nitrogen and oxygen atoms in total. The lowest BCUT2D eigenvalue weighted by Crippen LogP contribution is -2.42. The lowest BCUT2D eigenvalue weighted by atomic mass is 9.95. The molecule has 1 N–H and O–H groups in total. The van der Waals surface area contributed by atoms with Crippen LogP contribution in [0.5, 0.6) is 0 Å². The first-order valence-corrected chi connectivity index (χ1v) is 10.2. The zero-order chi connectivity index (χ0) is 18.2. The first-order valence-electron chi connectivity index (χ1n) is 10.2. The van der Waals surface area contributed by atoms with Gasteiger partial charge in [0, 0.05) is 44.3 Å². The Morgan fingerprint density at radius 2 is 1.78 bits per heavy atom. The predicted molar refractivity (Wildman–Crippen MR) is 105 cm³/mol. The van der Waals surface area contributed by atoms with Crippen LogP contribution in [0.25, 0.3) is 11.0 Å². The molecule has 1 amide bonds. The highest BCUT2D eigenvalue weighted by atomic mass is 16.2. The van der Waals surface area contributed by atoms with Crippen LogP contribution in [0, 0.1) is 5.92 Å². The molecule has 0 radical (unpaired) electrons. The van der Waals surface area contributed by atoms with Gasteiger partial charge in [0.25, 0.3) is 0 Å². The largest absolute Gasteiger partial charge is 0.364 e. The fourth-order valence-corrected chi connectivity index (χ4v) is 4.17. The number of carbonyl (C=O) groups excluding carboxylic acids is 1. The number of aromatic nitrogens is 3. The van der Waals surface area contributed by atoms with E-state index in [2.05, 4.69) is 20.1 Å². The maximum absolute atomic E-state index is 12.7. The molecule has 0 unspecified atom stereocenters. The van der Waals surface area contributed by atoms with Gasteiger partial charge < -0.3 is 15.1 Å². The number of carbonyl (C=O) groups is 1. The Kier molecular flexibility index (Phi) is 4.30. The van der Waals surface area contributed by atoms with Gasteiger partial charge in [0.1, 0.15) is 5.52 Å². The van der Waals surface area contributed by atoms with Crippen LogP contribution in [-0.2, 0) is 4.79 Å². The van der Waals surface area contributed by atoms with Crippen molar-refractivity contribution in [2.24, 2.45) is 5.92 Å². The summed E-state index contributed by atoms with van der Waals surface area (Å²) in [7, 11) is 0. The fraction of sp³-hybridized carbons (Fsp3) is 0.600. The number of piperidine rings is 1. The van der Waals surface area contributed by atoms with Crippen molar-refractivity contribution in [1.82, 2.24) is 19.9 Å². The number of likely N-dealkylation sites (tertiary alicyclic amines) is 1. The lowest BCUT2D eigenvalue weighted by molar-refractivity contribution is -0.135. The number of fused-ring (bicyclic) bond motifs is 1. The van der Waals surface area contributed by atoms with E-state index >= 15 is 0 Å². The van der Waals surface area contributed by atoms with Crippen molar-refractivity contribution in [2.45, 2.75) is 44.6 Å². The standard InChI is InChI=1S/C20H26N6O/c27-20(26-9-1-2-10-26)14-6-11-25(12-7-14)19-18(22-15-3-4-15)23-16-5-8-21-13-17(16)24-19/h5,8,13-15H,1-4,6-7,9-12H2,(H,22,23). The SMILES string of the molecule is O=C(C1CCN(c2nc3cnccc3nc2NC2CC2)CC1)N1CCCC1. The highest BCUT2D eigenvalue weighted by molar-refractivity contribution is 5.81. The van der Waals surface area contributed by atoms with Crippen LogP contribution in [0.15, 0.2) is 18.5 Å². The van der Waals surface area contributed by atoms with Gasteiger partial charge >= 0.3 is 0 Å². The number of amides is 1. The third-order valence-corrected chi connectivity index (χ3v) is 5.93. The van der Waals surface area contributed by atoms with Gasteiger partial charge in [-0.2, -0.15) is 0 Å². The third-order valence-electron chi connectivity index (χ3n) is 5.93. The quantitative estimate of drug-likeness (QED) is 0.896. The van der Waals surface area contributed by atoms with Crippen molar-refractivity contribution in [2.75, 3.05) is 36.4 Å². The first kappa shape index (κ1) is 16.7. The molecule has 142 valence electrons. The molecule has 5 rings (SSSR count). The Labute approximate surface area is 159 Å². The van der Waals surface area contributed by atoms with E-state index in [1.165, 1.54) is 12.8 Å². The minimum Gasteiger partial charge on any atom is -0.364 e. The van der Waals surface area contributed by atoms with Gasteiger partial charge in [0.2, 0.25) is 5.91 Å². The summed E-state index contributed by atoms with van der Waals surface area (Å²) < 4.78 is 0. The summed E-state index contributed by atoms with van der Waals surface area (Å²) in [5.74, 6) is 2.31. The summed E-state index contributed by atoms with van der Waals surface area (Å²) in [6.45, 7) is 3.59. The first-order chi connectivity index (χ1) is 13.3. The van der Waals surface area contributed by atoms with Gasteiger partial charge in [0.05, 0.1) is 11.7 Å². The van der Waals surface area contributed by atoms with Crippen molar-refractivity contribution in [3.63, 3.8) is 0 Å². The van der Waals surface area contributed by atoms with E-state index in [0.717, 1.165) is 74.5 Å². The zero-order valence-electron chi connectivity index (χ0n) is 15.6. The molecular weight excluding hydrogens is 340 g/mol.